The summed E-state index contributed by atoms with van der Waals surface area (Å²) in [7, 11) is 2.17. The first-order chi connectivity index (χ1) is 15.7. The normalized spacial score (nSPS) is 15.6. The van der Waals surface area contributed by atoms with Gasteiger partial charge in [-0.05, 0) is 63.0 Å². The van der Waals surface area contributed by atoms with Crippen LogP contribution < -0.4 is 10.1 Å². The standard InChI is InChI=1S/C24H27N5O3.2ClH/c1-27-7-3-8-28(11-10-27)12-13-31-19-5-6-23-20(15-19)21(26-30)16-24(32-23)22-14-18-4-2-9-29(18)17-25-22;;/h2,4-6,9,14-17,30H,3,7-8,10-13H2,1H3;2*1H. The number of benzene rings is 1. The van der Waals surface area contributed by atoms with E-state index in [4.69, 9.17) is 9.15 Å². The number of nitrogens with zero attached hydrogens (tertiary/aromatic N) is 5. The van der Waals surface area contributed by atoms with Gasteiger partial charge < -0.3 is 23.7 Å². The minimum Gasteiger partial charge on any atom is -0.492 e. The highest BCUT2D eigenvalue weighted by atomic mass is 35.5. The fraction of sp³-hybridized carbons (Fsp3) is 0.333. The average Bonchev–Trinajstić information content (AvgIpc) is 3.19. The maximum absolute atomic E-state index is 9.64. The van der Waals surface area contributed by atoms with E-state index in [2.05, 4.69) is 27.0 Å². The molecule has 1 aliphatic heterocycles. The number of rotatable bonds is 5. The van der Waals surface area contributed by atoms with E-state index in [1.165, 1.54) is 6.42 Å². The van der Waals surface area contributed by atoms with Gasteiger partial charge in [-0.15, -0.1) is 24.8 Å². The molecule has 1 saturated heterocycles. The van der Waals surface area contributed by atoms with Crippen molar-refractivity contribution in [1.29, 1.82) is 0 Å². The van der Waals surface area contributed by atoms with E-state index in [1.807, 2.05) is 47.0 Å². The van der Waals surface area contributed by atoms with Crippen molar-refractivity contribution >= 4 is 41.3 Å². The van der Waals surface area contributed by atoms with Crippen LogP contribution in [-0.2, 0) is 0 Å². The SMILES string of the molecule is CN1CCCN(CCOc2ccc3oc(-c4cc5cccn5cn4)cc(=NO)c3c2)CC1.Cl.Cl. The van der Waals surface area contributed by atoms with Gasteiger partial charge in [0.1, 0.15) is 29.0 Å². The molecule has 0 bridgehead atoms. The van der Waals surface area contributed by atoms with Crippen LogP contribution in [0.3, 0.4) is 0 Å². The highest BCUT2D eigenvalue weighted by Crippen LogP contribution is 2.24. The molecule has 4 heterocycles. The molecule has 0 saturated carbocycles. The zero-order chi connectivity index (χ0) is 21.9. The number of ether oxygens (including phenoxy) is 1. The predicted octanol–water partition coefficient (Wildman–Crippen LogP) is 3.90. The van der Waals surface area contributed by atoms with Crippen molar-refractivity contribution in [2.24, 2.45) is 5.16 Å². The summed E-state index contributed by atoms with van der Waals surface area (Å²) in [5.74, 6) is 1.26. The van der Waals surface area contributed by atoms with Gasteiger partial charge in [-0.3, -0.25) is 4.90 Å². The molecular weight excluding hydrogens is 477 g/mol. The van der Waals surface area contributed by atoms with E-state index < -0.39 is 0 Å². The Hall–Kier alpha value is -2.78. The molecule has 1 N–H and O–H groups in total. The van der Waals surface area contributed by atoms with E-state index in [0.717, 1.165) is 44.0 Å². The molecule has 0 atom stereocenters. The van der Waals surface area contributed by atoms with E-state index in [-0.39, 0.29) is 24.8 Å². The van der Waals surface area contributed by atoms with Crippen molar-refractivity contribution in [3.05, 3.63) is 60.3 Å². The zero-order valence-corrected chi connectivity index (χ0v) is 20.6. The minimum atomic E-state index is 0. The van der Waals surface area contributed by atoms with Gasteiger partial charge in [0.05, 0.1) is 11.7 Å². The third kappa shape index (κ3) is 5.64. The summed E-state index contributed by atoms with van der Waals surface area (Å²) in [6.45, 7) is 5.90. The average molecular weight is 506 g/mol. The Morgan fingerprint density at radius 2 is 1.97 bits per heavy atom. The lowest BCUT2D eigenvalue weighted by Gasteiger charge is -2.20. The Kier molecular flexibility index (Phi) is 8.79. The Balaban J connectivity index is 0.00000162. The van der Waals surface area contributed by atoms with E-state index in [9.17, 15) is 5.21 Å². The Morgan fingerprint density at radius 3 is 2.82 bits per heavy atom. The molecular formula is C24H29Cl2N5O3. The van der Waals surface area contributed by atoms with Crippen LogP contribution in [0.2, 0.25) is 0 Å². The van der Waals surface area contributed by atoms with Crippen LogP contribution in [-0.4, -0.2) is 70.8 Å². The molecule has 1 aromatic carbocycles. The lowest BCUT2D eigenvalue weighted by Crippen LogP contribution is -2.32. The van der Waals surface area contributed by atoms with Crippen molar-refractivity contribution in [3.8, 4) is 17.2 Å². The number of aromatic nitrogens is 2. The smallest absolute Gasteiger partial charge is 0.155 e. The van der Waals surface area contributed by atoms with E-state index in [0.29, 0.717) is 34.4 Å². The number of likely N-dealkylation sites (N-methyl/N-ethyl adjacent to an activating group) is 1. The first kappa shape index (κ1) is 25.8. The van der Waals surface area contributed by atoms with Gasteiger partial charge in [-0.1, -0.05) is 5.16 Å². The van der Waals surface area contributed by atoms with Crippen LogP contribution in [0.1, 0.15) is 6.42 Å². The summed E-state index contributed by atoms with van der Waals surface area (Å²) in [5, 5.41) is 14.2. The summed E-state index contributed by atoms with van der Waals surface area (Å²) in [5.41, 5.74) is 2.29. The molecule has 10 heteroatoms. The summed E-state index contributed by atoms with van der Waals surface area (Å²) in [6, 6.07) is 13.2. The quantitative estimate of drug-likeness (QED) is 0.327. The first-order valence-electron chi connectivity index (χ1n) is 10.9. The van der Waals surface area contributed by atoms with Crippen LogP contribution in [0.5, 0.6) is 5.75 Å². The third-order valence-corrected chi connectivity index (χ3v) is 5.98. The molecule has 182 valence electrons. The van der Waals surface area contributed by atoms with Crippen LogP contribution >= 0.6 is 24.8 Å². The number of halogens is 2. The van der Waals surface area contributed by atoms with E-state index >= 15 is 0 Å². The van der Waals surface area contributed by atoms with Gasteiger partial charge in [-0.2, -0.15) is 0 Å². The monoisotopic (exact) mass is 505 g/mol. The van der Waals surface area contributed by atoms with Crippen molar-refractivity contribution in [3.63, 3.8) is 0 Å². The second kappa shape index (κ2) is 11.6. The molecule has 8 nitrogen and oxygen atoms in total. The number of hydrogen-bond acceptors (Lipinski definition) is 7. The molecule has 0 spiro atoms. The molecule has 34 heavy (non-hydrogen) atoms. The van der Waals surface area contributed by atoms with Gasteiger partial charge in [0.25, 0.3) is 0 Å². The van der Waals surface area contributed by atoms with Crippen molar-refractivity contribution in [1.82, 2.24) is 19.2 Å². The van der Waals surface area contributed by atoms with Crippen LogP contribution in [0, 0.1) is 0 Å². The lowest BCUT2D eigenvalue weighted by atomic mass is 10.2. The van der Waals surface area contributed by atoms with Gasteiger partial charge >= 0.3 is 0 Å². The Bertz CT molecular complexity index is 1310. The molecule has 5 rings (SSSR count). The lowest BCUT2D eigenvalue weighted by molar-refractivity contribution is 0.213. The molecule has 0 radical (unpaired) electrons. The maximum atomic E-state index is 9.64. The van der Waals surface area contributed by atoms with Crippen LogP contribution in [0.4, 0.5) is 0 Å². The van der Waals surface area contributed by atoms with Gasteiger partial charge in [0.2, 0.25) is 0 Å². The number of fused-ring (bicyclic) bond motifs is 2. The largest absolute Gasteiger partial charge is 0.492 e. The summed E-state index contributed by atoms with van der Waals surface area (Å²) < 4.78 is 14.0. The Labute approximate surface area is 210 Å². The summed E-state index contributed by atoms with van der Waals surface area (Å²) in [6.07, 6.45) is 4.86. The molecule has 1 aliphatic rings. The fourth-order valence-corrected chi connectivity index (χ4v) is 4.13. The Morgan fingerprint density at radius 1 is 1.09 bits per heavy atom. The van der Waals surface area contributed by atoms with Crippen molar-refractivity contribution < 1.29 is 14.4 Å². The van der Waals surface area contributed by atoms with Crippen LogP contribution in [0.15, 0.2) is 64.6 Å². The van der Waals surface area contributed by atoms with Crippen LogP contribution in [0.25, 0.3) is 27.9 Å². The van der Waals surface area contributed by atoms with Crippen molar-refractivity contribution in [2.45, 2.75) is 6.42 Å². The highest BCUT2D eigenvalue weighted by Gasteiger charge is 2.13. The highest BCUT2D eigenvalue weighted by molar-refractivity contribution is 5.85. The second-order valence-electron chi connectivity index (χ2n) is 8.22. The van der Waals surface area contributed by atoms with Gasteiger partial charge in [0, 0.05) is 37.4 Å². The minimum absolute atomic E-state index is 0. The topological polar surface area (TPSA) is 78.7 Å². The molecule has 0 aliphatic carbocycles. The van der Waals surface area contributed by atoms with Crippen molar-refractivity contribution in [2.75, 3.05) is 46.4 Å². The fourth-order valence-electron chi connectivity index (χ4n) is 4.13. The third-order valence-electron chi connectivity index (χ3n) is 5.98. The molecule has 4 aromatic rings. The summed E-state index contributed by atoms with van der Waals surface area (Å²) in [4.78, 5) is 9.27. The maximum Gasteiger partial charge on any atom is 0.155 e. The van der Waals surface area contributed by atoms with Gasteiger partial charge in [-0.25, -0.2) is 4.98 Å². The molecule has 0 amide bonds. The molecule has 0 unspecified atom stereocenters. The zero-order valence-electron chi connectivity index (χ0n) is 19.0. The number of hydrogen-bond donors (Lipinski definition) is 1. The second-order valence-corrected chi connectivity index (χ2v) is 8.22. The molecule has 3 aromatic heterocycles. The molecule has 1 fully saturated rings. The first-order valence-corrected chi connectivity index (χ1v) is 10.9. The summed E-state index contributed by atoms with van der Waals surface area (Å²) >= 11 is 0. The van der Waals surface area contributed by atoms with Gasteiger partial charge in [0.15, 0.2) is 5.76 Å². The van der Waals surface area contributed by atoms with E-state index in [1.54, 1.807) is 12.4 Å². The predicted molar refractivity (Wildman–Crippen MR) is 136 cm³/mol.